The third-order valence-corrected chi connectivity index (χ3v) is 6.27. The number of anilines is 1. The summed E-state index contributed by atoms with van der Waals surface area (Å²) in [6.45, 7) is 0. The van der Waals surface area contributed by atoms with Gasteiger partial charge in [0, 0.05) is 0 Å². The van der Waals surface area contributed by atoms with Gasteiger partial charge >= 0.3 is 13.3 Å². The number of amides is 1. The molecule has 1 fully saturated rings. The number of carbonyl (C=O) groups is 1. The number of alkyl halides is 3. The van der Waals surface area contributed by atoms with Crippen LogP contribution in [0.5, 0.6) is 0 Å². The van der Waals surface area contributed by atoms with Crippen molar-refractivity contribution in [3.8, 4) is 0 Å². The fourth-order valence-electron chi connectivity index (χ4n) is 4.97. The molecule has 1 heterocycles. The Morgan fingerprint density at radius 3 is 2.24 bits per heavy atom. The van der Waals surface area contributed by atoms with E-state index in [0.717, 1.165) is 38.2 Å². The van der Waals surface area contributed by atoms with Crippen molar-refractivity contribution in [2.75, 3.05) is 5.32 Å². The summed E-state index contributed by atoms with van der Waals surface area (Å²) in [5.74, 6) is -0.584. The number of para-hydroxylation sites is 1. The zero-order valence-electron chi connectivity index (χ0n) is 15.7. The van der Waals surface area contributed by atoms with Gasteiger partial charge in [0.25, 0.3) is 0 Å². The number of hydrogen-bond acceptors (Lipinski definition) is 3. The van der Waals surface area contributed by atoms with Gasteiger partial charge < -0.3 is 15.4 Å². The molecule has 3 N–H and O–H groups in total. The molecule has 2 aromatic carbocycles. The van der Waals surface area contributed by atoms with Gasteiger partial charge in [-0.05, 0) is 41.4 Å². The number of hydrogen-bond donors (Lipinski definition) is 3. The van der Waals surface area contributed by atoms with E-state index in [-0.39, 0.29) is 17.1 Å². The minimum Gasteiger partial charge on any atom is -0.423 e. The first-order chi connectivity index (χ1) is 13.8. The molecule has 0 bridgehead atoms. The first-order valence-electron chi connectivity index (χ1n) is 9.75. The summed E-state index contributed by atoms with van der Waals surface area (Å²) in [5.41, 5.74) is -1.05. The minimum absolute atomic E-state index is 0.133. The standard InChI is InChI=1S/C21H21BF3NO3/c23-21(24,25)17-8-4-7-16-18(17)26-19(27)20(16,13-5-2-1-3-6-13)14-9-11-15(12-10-14)22(28)29/h4,7-13,28-29H,1-3,5-6H2,(H,26,27). The largest absolute Gasteiger partial charge is 0.488 e. The summed E-state index contributed by atoms with van der Waals surface area (Å²) in [6, 6.07) is 10.2. The van der Waals surface area contributed by atoms with Crippen molar-refractivity contribution in [2.45, 2.75) is 43.7 Å². The molecule has 1 amide bonds. The fourth-order valence-corrected chi connectivity index (χ4v) is 4.97. The first-order valence-corrected chi connectivity index (χ1v) is 9.75. The van der Waals surface area contributed by atoms with Crippen molar-refractivity contribution < 1.29 is 28.0 Å². The number of rotatable bonds is 3. The third kappa shape index (κ3) is 3.15. The summed E-state index contributed by atoms with van der Waals surface area (Å²) < 4.78 is 40.8. The van der Waals surface area contributed by atoms with Crippen LogP contribution >= 0.6 is 0 Å². The van der Waals surface area contributed by atoms with Crippen molar-refractivity contribution in [1.82, 2.24) is 0 Å². The Bertz CT molecular complexity index is 924. The molecule has 1 saturated carbocycles. The van der Waals surface area contributed by atoms with E-state index in [4.69, 9.17) is 0 Å². The highest BCUT2D eigenvalue weighted by Crippen LogP contribution is 2.54. The normalized spacial score (nSPS) is 22.3. The van der Waals surface area contributed by atoms with Crippen molar-refractivity contribution in [3.63, 3.8) is 0 Å². The third-order valence-electron chi connectivity index (χ3n) is 6.27. The number of nitrogens with one attached hydrogen (secondary N) is 1. The molecule has 2 aromatic rings. The monoisotopic (exact) mass is 403 g/mol. The summed E-state index contributed by atoms with van der Waals surface area (Å²) in [6.07, 6.45) is -0.213. The molecule has 0 aromatic heterocycles. The molecule has 152 valence electrons. The Labute approximate surface area is 166 Å². The Balaban J connectivity index is 1.95. The number of carbonyl (C=O) groups excluding carboxylic acids is 1. The fraction of sp³-hybridized carbons (Fsp3) is 0.381. The van der Waals surface area contributed by atoms with Gasteiger partial charge in [-0.3, -0.25) is 4.79 Å². The van der Waals surface area contributed by atoms with Crippen LogP contribution in [0.4, 0.5) is 18.9 Å². The van der Waals surface area contributed by atoms with E-state index in [1.54, 1.807) is 18.2 Å². The van der Waals surface area contributed by atoms with Crippen LogP contribution in [0.3, 0.4) is 0 Å². The van der Waals surface area contributed by atoms with Crippen molar-refractivity contribution >= 4 is 24.2 Å². The maximum Gasteiger partial charge on any atom is 0.488 e. The maximum atomic E-state index is 13.6. The van der Waals surface area contributed by atoms with Crippen LogP contribution in [-0.4, -0.2) is 23.1 Å². The summed E-state index contributed by atoms with van der Waals surface area (Å²) in [4.78, 5) is 13.4. The van der Waals surface area contributed by atoms with Gasteiger partial charge in [-0.2, -0.15) is 13.2 Å². The second kappa shape index (κ2) is 7.18. The van der Waals surface area contributed by atoms with E-state index < -0.39 is 30.2 Å². The lowest BCUT2D eigenvalue weighted by Crippen LogP contribution is -2.44. The van der Waals surface area contributed by atoms with Crippen LogP contribution < -0.4 is 10.8 Å². The van der Waals surface area contributed by atoms with E-state index in [1.807, 2.05) is 0 Å². The minimum atomic E-state index is -4.58. The van der Waals surface area contributed by atoms with Crippen molar-refractivity contribution in [2.24, 2.45) is 5.92 Å². The highest BCUT2D eigenvalue weighted by Gasteiger charge is 2.55. The van der Waals surface area contributed by atoms with Crippen LogP contribution in [0.25, 0.3) is 0 Å². The zero-order valence-corrected chi connectivity index (χ0v) is 15.7. The van der Waals surface area contributed by atoms with Crippen LogP contribution in [0.1, 0.15) is 48.8 Å². The van der Waals surface area contributed by atoms with Gasteiger partial charge in [-0.1, -0.05) is 55.7 Å². The topological polar surface area (TPSA) is 69.6 Å². The summed E-state index contributed by atoms with van der Waals surface area (Å²) >= 11 is 0. The van der Waals surface area contributed by atoms with Gasteiger partial charge in [0.05, 0.1) is 11.3 Å². The SMILES string of the molecule is O=C1Nc2c(C(F)(F)F)cccc2C1(c1ccc(B(O)O)cc1)C1CCCCC1. The first kappa shape index (κ1) is 20.0. The maximum absolute atomic E-state index is 13.6. The molecule has 1 unspecified atom stereocenters. The average Bonchev–Trinajstić information content (AvgIpc) is 3.00. The molecule has 2 aliphatic rings. The molecule has 0 radical (unpaired) electrons. The van der Waals surface area contributed by atoms with Crippen LogP contribution in [0, 0.1) is 5.92 Å². The lowest BCUT2D eigenvalue weighted by molar-refractivity contribution is -0.136. The van der Waals surface area contributed by atoms with Gasteiger partial charge in [0.2, 0.25) is 5.91 Å². The van der Waals surface area contributed by atoms with Gasteiger partial charge in [-0.15, -0.1) is 0 Å². The summed E-state index contributed by atoms with van der Waals surface area (Å²) in [7, 11) is -1.66. The highest BCUT2D eigenvalue weighted by molar-refractivity contribution is 6.58. The molecule has 8 heteroatoms. The van der Waals surface area contributed by atoms with Gasteiger partial charge in [0.15, 0.2) is 0 Å². The van der Waals surface area contributed by atoms with Gasteiger partial charge in [0.1, 0.15) is 5.41 Å². The molecular weight excluding hydrogens is 382 g/mol. The Morgan fingerprint density at radius 2 is 1.66 bits per heavy atom. The van der Waals surface area contributed by atoms with Crippen LogP contribution in [0.15, 0.2) is 42.5 Å². The van der Waals surface area contributed by atoms with Crippen molar-refractivity contribution in [1.29, 1.82) is 0 Å². The van der Waals surface area contributed by atoms with E-state index in [9.17, 15) is 28.0 Å². The molecular formula is C21H21BF3NO3. The number of fused-ring (bicyclic) bond motifs is 1. The molecule has 0 saturated heterocycles. The number of benzene rings is 2. The van der Waals surface area contributed by atoms with E-state index in [2.05, 4.69) is 5.32 Å². The predicted molar refractivity (Wildman–Crippen MR) is 104 cm³/mol. The molecule has 29 heavy (non-hydrogen) atoms. The van der Waals surface area contributed by atoms with Crippen LogP contribution in [0.2, 0.25) is 0 Å². The highest BCUT2D eigenvalue weighted by atomic mass is 19.4. The zero-order chi connectivity index (χ0) is 20.8. The lowest BCUT2D eigenvalue weighted by Gasteiger charge is -2.39. The quantitative estimate of drug-likeness (QED) is 0.690. The van der Waals surface area contributed by atoms with Gasteiger partial charge in [-0.25, -0.2) is 0 Å². The number of halogens is 3. The van der Waals surface area contributed by atoms with E-state index in [0.29, 0.717) is 11.1 Å². The second-order valence-corrected chi connectivity index (χ2v) is 7.82. The summed E-state index contributed by atoms with van der Waals surface area (Å²) in [5, 5.41) is 21.3. The molecule has 4 nitrogen and oxygen atoms in total. The van der Waals surface area contributed by atoms with E-state index >= 15 is 0 Å². The molecule has 0 spiro atoms. The lowest BCUT2D eigenvalue weighted by atomic mass is 9.61. The Morgan fingerprint density at radius 1 is 1.00 bits per heavy atom. The molecule has 4 rings (SSSR count). The van der Waals surface area contributed by atoms with E-state index in [1.165, 1.54) is 18.2 Å². The van der Waals surface area contributed by atoms with Crippen molar-refractivity contribution in [3.05, 3.63) is 59.2 Å². The Kier molecular flexibility index (Phi) is 4.95. The average molecular weight is 403 g/mol. The smallest absolute Gasteiger partial charge is 0.423 e. The predicted octanol–water partition coefficient (Wildman–Crippen LogP) is 3.20. The molecule has 1 aliphatic heterocycles. The Hall–Kier alpha value is -2.32. The second-order valence-electron chi connectivity index (χ2n) is 7.82. The molecule has 1 atom stereocenters. The van der Waals surface area contributed by atoms with Crippen LogP contribution in [-0.2, 0) is 16.4 Å². The molecule has 1 aliphatic carbocycles.